The van der Waals surface area contributed by atoms with Crippen molar-refractivity contribution in [2.45, 2.75) is 25.6 Å². The monoisotopic (exact) mass is 168 g/mol. The fraction of sp³-hybridized carbons (Fsp3) is 0.889. The highest BCUT2D eigenvalue weighted by Gasteiger charge is 2.64. The summed E-state index contributed by atoms with van der Waals surface area (Å²) in [5.41, 5.74) is 0. The van der Waals surface area contributed by atoms with Crippen LogP contribution in [0.25, 0.3) is 0 Å². The SMILES string of the molecule is CC1C2OC(=O)C3C2C[C@H]1C3O. The molecule has 1 aliphatic heterocycles. The van der Waals surface area contributed by atoms with Crippen LogP contribution in [0.2, 0.25) is 0 Å². The van der Waals surface area contributed by atoms with Crippen LogP contribution in [0.5, 0.6) is 0 Å². The van der Waals surface area contributed by atoms with E-state index in [1.54, 1.807) is 0 Å². The zero-order valence-corrected chi connectivity index (χ0v) is 6.93. The molecular formula is C9H12O3. The van der Waals surface area contributed by atoms with E-state index in [2.05, 4.69) is 6.92 Å². The Kier molecular flexibility index (Phi) is 1.06. The quantitative estimate of drug-likeness (QED) is 0.525. The third-order valence-corrected chi connectivity index (χ3v) is 3.95. The Labute approximate surface area is 70.7 Å². The van der Waals surface area contributed by atoms with E-state index in [4.69, 9.17) is 4.74 Å². The topological polar surface area (TPSA) is 46.5 Å². The van der Waals surface area contributed by atoms with Gasteiger partial charge in [-0.2, -0.15) is 0 Å². The van der Waals surface area contributed by atoms with E-state index < -0.39 is 6.10 Å². The van der Waals surface area contributed by atoms with Gasteiger partial charge in [0, 0.05) is 5.92 Å². The van der Waals surface area contributed by atoms with Gasteiger partial charge in [0.25, 0.3) is 0 Å². The molecule has 0 aromatic rings. The Hall–Kier alpha value is -0.570. The van der Waals surface area contributed by atoms with E-state index in [0.717, 1.165) is 6.42 Å². The first kappa shape index (κ1) is 6.89. The van der Waals surface area contributed by atoms with Crippen molar-refractivity contribution in [2.75, 3.05) is 0 Å². The van der Waals surface area contributed by atoms with Gasteiger partial charge in [-0.05, 0) is 18.3 Å². The smallest absolute Gasteiger partial charge is 0.312 e. The van der Waals surface area contributed by atoms with Crippen LogP contribution >= 0.6 is 0 Å². The lowest BCUT2D eigenvalue weighted by atomic mass is 9.81. The first-order valence-electron chi connectivity index (χ1n) is 4.58. The Morgan fingerprint density at radius 2 is 2.25 bits per heavy atom. The van der Waals surface area contributed by atoms with Gasteiger partial charge in [0.15, 0.2) is 0 Å². The van der Waals surface area contributed by atoms with Gasteiger partial charge in [-0.15, -0.1) is 0 Å². The van der Waals surface area contributed by atoms with Crippen molar-refractivity contribution in [3.05, 3.63) is 0 Å². The number of aliphatic hydroxyl groups excluding tert-OH is 1. The lowest BCUT2D eigenvalue weighted by Crippen LogP contribution is -2.35. The van der Waals surface area contributed by atoms with E-state index >= 15 is 0 Å². The van der Waals surface area contributed by atoms with Crippen molar-refractivity contribution in [3.63, 3.8) is 0 Å². The number of carbonyl (C=O) groups is 1. The summed E-state index contributed by atoms with van der Waals surface area (Å²) in [6, 6.07) is 0. The number of hydrogen-bond acceptors (Lipinski definition) is 3. The number of fused-ring (bicyclic) bond motifs is 1. The zero-order valence-electron chi connectivity index (χ0n) is 6.93. The molecule has 1 saturated heterocycles. The summed E-state index contributed by atoms with van der Waals surface area (Å²) in [7, 11) is 0. The lowest BCUT2D eigenvalue weighted by Gasteiger charge is -2.25. The molecule has 0 aromatic carbocycles. The van der Waals surface area contributed by atoms with Crippen molar-refractivity contribution in [1.29, 1.82) is 0 Å². The van der Waals surface area contributed by atoms with Crippen LogP contribution in [0.1, 0.15) is 13.3 Å². The van der Waals surface area contributed by atoms with Gasteiger partial charge in [0.2, 0.25) is 0 Å². The summed E-state index contributed by atoms with van der Waals surface area (Å²) in [6.45, 7) is 2.08. The third kappa shape index (κ3) is 0.534. The van der Waals surface area contributed by atoms with Crippen LogP contribution in [-0.2, 0) is 9.53 Å². The van der Waals surface area contributed by atoms with E-state index in [1.807, 2.05) is 0 Å². The van der Waals surface area contributed by atoms with Gasteiger partial charge in [0.05, 0.1) is 12.0 Å². The molecule has 0 amide bonds. The summed E-state index contributed by atoms with van der Waals surface area (Å²) in [4.78, 5) is 11.3. The average Bonchev–Trinajstić information content (AvgIpc) is 2.56. The van der Waals surface area contributed by atoms with Crippen LogP contribution in [0, 0.1) is 23.7 Å². The van der Waals surface area contributed by atoms with Crippen LogP contribution < -0.4 is 0 Å². The van der Waals surface area contributed by atoms with E-state index in [0.29, 0.717) is 17.8 Å². The first-order valence-corrected chi connectivity index (χ1v) is 4.58. The average molecular weight is 168 g/mol. The highest BCUT2D eigenvalue weighted by atomic mass is 16.6. The predicted molar refractivity (Wildman–Crippen MR) is 40.1 cm³/mol. The highest BCUT2D eigenvalue weighted by Crippen LogP contribution is 2.57. The molecule has 2 bridgehead atoms. The number of rotatable bonds is 0. The second-order valence-electron chi connectivity index (χ2n) is 4.34. The zero-order chi connectivity index (χ0) is 8.46. The van der Waals surface area contributed by atoms with Crippen LogP contribution in [0.15, 0.2) is 0 Å². The maximum absolute atomic E-state index is 11.3. The molecule has 6 atom stereocenters. The molecule has 3 heteroatoms. The fourth-order valence-corrected chi connectivity index (χ4v) is 3.34. The maximum atomic E-state index is 11.3. The second kappa shape index (κ2) is 1.84. The van der Waals surface area contributed by atoms with Gasteiger partial charge in [0.1, 0.15) is 6.10 Å². The second-order valence-corrected chi connectivity index (χ2v) is 4.34. The Morgan fingerprint density at radius 1 is 1.50 bits per heavy atom. The Balaban J connectivity index is 2.06. The fourth-order valence-electron chi connectivity index (χ4n) is 3.34. The minimum atomic E-state index is -0.420. The van der Waals surface area contributed by atoms with Gasteiger partial charge in [-0.3, -0.25) is 4.79 Å². The van der Waals surface area contributed by atoms with Crippen molar-refractivity contribution in [2.24, 2.45) is 23.7 Å². The maximum Gasteiger partial charge on any atom is 0.312 e. The van der Waals surface area contributed by atoms with Gasteiger partial charge >= 0.3 is 5.97 Å². The molecule has 0 radical (unpaired) electrons. The standard InChI is InChI=1S/C9H12O3/c1-3-4-2-5-6(7(4)10)9(11)12-8(3)5/h3-8,10H,2H2,1H3/t3?,4-,5?,6?,7?,8?/m1/s1. The van der Waals surface area contributed by atoms with Crippen LogP contribution in [0.4, 0.5) is 0 Å². The van der Waals surface area contributed by atoms with E-state index in [-0.39, 0.29) is 18.0 Å². The molecule has 66 valence electrons. The first-order chi connectivity index (χ1) is 5.70. The molecule has 0 aromatic heterocycles. The van der Waals surface area contributed by atoms with Crippen molar-refractivity contribution in [3.8, 4) is 0 Å². The number of esters is 1. The predicted octanol–water partition coefficient (Wildman–Crippen LogP) is 0.175. The molecule has 2 aliphatic carbocycles. The molecule has 12 heavy (non-hydrogen) atoms. The van der Waals surface area contributed by atoms with E-state index in [9.17, 15) is 9.90 Å². The molecule has 0 spiro atoms. The summed E-state index contributed by atoms with van der Waals surface area (Å²) in [5.74, 6) is 0.664. The van der Waals surface area contributed by atoms with Gasteiger partial charge < -0.3 is 9.84 Å². The molecule has 3 fully saturated rings. The number of ether oxygens (including phenoxy) is 1. The molecule has 1 heterocycles. The summed E-state index contributed by atoms with van der Waals surface area (Å²) >= 11 is 0. The normalized spacial score (nSPS) is 61.0. The minimum Gasteiger partial charge on any atom is -0.461 e. The number of hydrogen-bond donors (Lipinski definition) is 1. The largest absolute Gasteiger partial charge is 0.461 e. The molecule has 3 aliphatic rings. The third-order valence-electron chi connectivity index (χ3n) is 3.95. The van der Waals surface area contributed by atoms with Crippen molar-refractivity contribution < 1.29 is 14.6 Å². The summed E-state index contributed by atoms with van der Waals surface area (Å²) in [5, 5.41) is 9.75. The molecule has 2 saturated carbocycles. The Morgan fingerprint density at radius 3 is 2.92 bits per heavy atom. The molecule has 1 N–H and O–H groups in total. The van der Waals surface area contributed by atoms with Gasteiger partial charge in [-0.25, -0.2) is 0 Å². The molecular weight excluding hydrogens is 156 g/mol. The number of aliphatic hydroxyl groups is 1. The summed E-state index contributed by atoms with van der Waals surface area (Å²) in [6.07, 6.45) is 0.691. The Bertz CT molecular complexity index is 250. The molecule has 3 rings (SSSR count). The van der Waals surface area contributed by atoms with Crippen molar-refractivity contribution in [1.82, 2.24) is 0 Å². The van der Waals surface area contributed by atoms with Crippen LogP contribution in [0.3, 0.4) is 0 Å². The number of carbonyl (C=O) groups excluding carboxylic acids is 1. The van der Waals surface area contributed by atoms with Gasteiger partial charge in [-0.1, -0.05) is 6.92 Å². The summed E-state index contributed by atoms with van der Waals surface area (Å²) < 4.78 is 5.22. The molecule has 5 unspecified atom stereocenters. The van der Waals surface area contributed by atoms with Crippen molar-refractivity contribution >= 4 is 5.97 Å². The minimum absolute atomic E-state index is 0.121. The highest BCUT2D eigenvalue weighted by molar-refractivity contribution is 5.77. The lowest BCUT2D eigenvalue weighted by molar-refractivity contribution is -0.145. The van der Waals surface area contributed by atoms with Crippen LogP contribution in [-0.4, -0.2) is 23.3 Å². The van der Waals surface area contributed by atoms with E-state index in [1.165, 1.54) is 0 Å². The molecule has 3 nitrogen and oxygen atoms in total.